The van der Waals surface area contributed by atoms with Crippen LogP contribution in [0.5, 0.6) is 0 Å². The van der Waals surface area contributed by atoms with Gasteiger partial charge in [-0.25, -0.2) is 13.1 Å². The maximum Gasteiger partial charge on any atom is 0.241 e. The second-order valence-electron chi connectivity index (χ2n) is 7.50. The van der Waals surface area contributed by atoms with Crippen LogP contribution in [-0.2, 0) is 14.8 Å². The Morgan fingerprint density at radius 2 is 1.81 bits per heavy atom. The number of aryl methyl sites for hydroxylation is 2. The molecule has 6 heteroatoms. The van der Waals surface area contributed by atoms with Crippen LogP contribution in [0, 0.1) is 27.7 Å². The number of hydrogen-bond acceptors (Lipinski definition) is 3. The molecule has 0 spiro atoms. The van der Waals surface area contributed by atoms with Gasteiger partial charge in [-0.15, -0.1) is 0 Å². The molecule has 2 bridgehead atoms. The second-order valence-corrected chi connectivity index (χ2v) is 9.20. The van der Waals surface area contributed by atoms with Gasteiger partial charge in [0.1, 0.15) is 0 Å². The van der Waals surface area contributed by atoms with Crippen LogP contribution < -0.4 is 4.72 Å². The lowest BCUT2D eigenvalue weighted by molar-refractivity contribution is -0.133. The number of sulfonamides is 1. The average Bonchev–Trinajstić information content (AvgIpc) is 2.82. The summed E-state index contributed by atoms with van der Waals surface area (Å²) in [5, 5.41) is 0. The first-order valence-electron chi connectivity index (χ1n) is 9.27. The van der Waals surface area contributed by atoms with Gasteiger partial charge in [0.05, 0.1) is 10.9 Å². The predicted molar refractivity (Wildman–Crippen MR) is 103 cm³/mol. The van der Waals surface area contributed by atoms with Crippen molar-refractivity contribution in [2.75, 3.05) is 6.54 Å². The van der Waals surface area contributed by atoms with Crippen LogP contribution in [0.3, 0.4) is 0 Å². The van der Waals surface area contributed by atoms with Crippen LogP contribution in [0.2, 0.25) is 0 Å². The average molecular weight is 377 g/mol. The van der Waals surface area contributed by atoms with Crippen molar-refractivity contribution in [3.63, 3.8) is 0 Å². The normalized spacial score (nSPS) is 22.1. The van der Waals surface area contributed by atoms with Gasteiger partial charge >= 0.3 is 0 Å². The Bertz CT molecular complexity index is 832. The third-order valence-electron chi connectivity index (χ3n) is 5.80. The quantitative estimate of drug-likeness (QED) is 0.804. The van der Waals surface area contributed by atoms with Gasteiger partial charge in [-0.2, -0.15) is 0 Å². The summed E-state index contributed by atoms with van der Waals surface area (Å²) in [6.07, 6.45) is 7.42. The fraction of sp³-hybridized carbons (Fsp3) is 0.550. The Labute approximate surface area is 156 Å². The molecule has 2 aliphatic rings. The van der Waals surface area contributed by atoms with Gasteiger partial charge in [0.25, 0.3) is 0 Å². The largest absolute Gasteiger partial charge is 0.333 e. The lowest BCUT2D eigenvalue weighted by Crippen LogP contribution is -2.43. The Balaban J connectivity index is 1.68. The van der Waals surface area contributed by atoms with Crippen LogP contribution in [0.4, 0.5) is 0 Å². The Morgan fingerprint density at radius 3 is 2.42 bits per heavy atom. The number of nitrogens with zero attached hydrogens (tertiary/aromatic N) is 1. The Morgan fingerprint density at radius 1 is 1.15 bits per heavy atom. The molecule has 5 nitrogen and oxygen atoms in total. The molecule has 1 saturated heterocycles. The highest BCUT2D eigenvalue weighted by molar-refractivity contribution is 7.89. The van der Waals surface area contributed by atoms with E-state index in [1.165, 1.54) is 0 Å². The number of nitrogens with one attached hydrogen (secondary N) is 1. The summed E-state index contributed by atoms with van der Waals surface area (Å²) in [4.78, 5) is 14.9. The van der Waals surface area contributed by atoms with Crippen molar-refractivity contribution in [1.82, 2.24) is 9.62 Å². The van der Waals surface area contributed by atoms with E-state index in [9.17, 15) is 13.2 Å². The molecule has 0 unspecified atom stereocenters. The molecular weight excluding hydrogens is 348 g/mol. The van der Waals surface area contributed by atoms with Crippen LogP contribution in [0.15, 0.2) is 23.1 Å². The van der Waals surface area contributed by atoms with Crippen LogP contribution >= 0.6 is 0 Å². The molecule has 2 heterocycles. The van der Waals surface area contributed by atoms with Gasteiger partial charge in [0.2, 0.25) is 15.9 Å². The van der Waals surface area contributed by atoms with E-state index in [1.54, 1.807) is 0 Å². The predicted octanol–water partition coefficient (Wildman–Crippen LogP) is 2.91. The maximum atomic E-state index is 12.8. The standard InChI is InChI=1S/C20H28N2O3S/c1-13-12-14(2)16(4)20(15(13)3)26(24,25)21-11-10-19(23)22-17-6-5-7-18(22)9-8-17/h5-6,12,17-18,21H,7-11H2,1-4H3/t17-,18-/m0/s1. The van der Waals surface area contributed by atoms with E-state index in [0.717, 1.165) is 41.5 Å². The smallest absolute Gasteiger partial charge is 0.241 e. The third kappa shape index (κ3) is 3.45. The zero-order valence-electron chi connectivity index (χ0n) is 16.0. The highest BCUT2D eigenvalue weighted by atomic mass is 32.2. The summed E-state index contributed by atoms with van der Waals surface area (Å²) in [7, 11) is -3.64. The van der Waals surface area contributed by atoms with E-state index < -0.39 is 10.0 Å². The molecule has 142 valence electrons. The molecule has 26 heavy (non-hydrogen) atoms. The molecular formula is C20H28N2O3S. The number of amides is 1. The van der Waals surface area contributed by atoms with Gasteiger partial charge < -0.3 is 4.90 Å². The highest BCUT2D eigenvalue weighted by Crippen LogP contribution is 2.32. The molecule has 1 aromatic carbocycles. The van der Waals surface area contributed by atoms with Gasteiger partial charge in [-0.05, 0) is 69.2 Å². The fourth-order valence-electron chi connectivity index (χ4n) is 4.19. The molecule has 1 N–H and O–H groups in total. The Kier molecular flexibility index (Phi) is 5.26. The summed E-state index contributed by atoms with van der Waals surface area (Å²) < 4.78 is 28.3. The lowest BCUT2D eigenvalue weighted by atomic mass is 10.0. The van der Waals surface area contributed by atoms with Crippen molar-refractivity contribution in [3.05, 3.63) is 40.5 Å². The van der Waals surface area contributed by atoms with Gasteiger partial charge in [0, 0.05) is 19.0 Å². The van der Waals surface area contributed by atoms with Gasteiger partial charge in [0.15, 0.2) is 0 Å². The van der Waals surface area contributed by atoms with Crippen LogP contribution in [-0.4, -0.2) is 37.9 Å². The van der Waals surface area contributed by atoms with Crippen molar-refractivity contribution in [1.29, 1.82) is 0 Å². The minimum atomic E-state index is -3.64. The van der Waals surface area contributed by atoms with E-state index in [4.69, 9.17) is 0 Å². The molecule has 0 aliphatic carbocycles. The monoisotopic (exact) mass is 376 g/mol. The van der Waals surface area contributed by atoms with Crippen molar-refractivity contribution in [2.45, 2.75) is 70.4 Å². The number of rotatable bonds is 5. The van der Waals surface area contributed by atoms with Crippen molar-refractivity contribution < 1.29 is 13.2 Å². The molecule has 1 fully saturated rings. The minimum Gasteiger partial charge on any atom is -0.333 e. The highest BCUT2D eigenvalue weighted by Gasteiger charge is 2.36. The second kappa shape index (κ2) is 7.16. The molecule has 0 radical (unpaired) electrons. The summed E-state index contributed by atoms with van der Waals surface area (Å²) >= 11 is 0. The van der Waals surface area contributed by atoms with E-state index in [0.29, 0.717) is 4.90 Å². The number of carbonyl (C=O) groups is 1. The molecule has 1 aromatic rings. The first-order chi connectivity index (χ1) is 12.2. The van der Waals surface area contributed by atoms with Gasteiger partial charge in [-0.1, -0.05) is 18.2 Å². The molecule has 0 aromatic heterocycles. The third-order valence-corrected chi connectivity index (χ3v) is 7.53. The van der Waals surface area contributed by atoms with Crippen LogP contribution in [0.25, 0.3) is 0 Å². The first kappa shape index (κ1) is 19.1. The SMILES string of the molecule is Cc1cc(C)c(C)c(S(=O)(=O)NCCC(=O)N2[C@H]3CC=C[C@H]2CC3)c1C. The van der Waals surface area contributed by atoms with Gasteiger partial charge in [-0.3, -0.25) is 4.79 Å². The number of benzene rings is 1. The van der Waals surface area contributed by atoms with E-state index in [1.807, 2.05) is 38.7 Å². The fourth-order valence-corrected chi connectivity index (χ4v) is 5.83. The molecule has 2 aliphatic heterocycles. The van der Waals surface area contributed by atoms with E-state index in [-0.39, 0.29) is 31.0 Å². The zero-order chi connectivity index (χ0) is 19.1. The number of fused-ring (bicyclic) bond motifs is 2. The van der Waals surface area contributed by atoms with Crippen molar-refractivity contribution >= 4 is 15.9 Å². The Hall–Kier alpha value is -1.66. The zero-order valence-corrected chi connectivity index (χ0v) is 16.8. The number of hydrogen-bond donors (Lipinski definition) is 1. The molecule has 2 atom stereocenters. The molecule has 0 saturated carbocycles. The topological polar surface area (TPSA) is 66.5 Å². The van der Waals surface area contributed by atoms with E-state index >= 15 is 0 Å². The lowest BCUT2D eigenvalue weighted by Gasteiger charge is -2.31. The molecule has 3 rings (SSSR count). The molecule has 1 amide bonds. The maximum absolute atomic E-state index is 12.8. The first-order valence-corrected chi connectivity index (χ1v) is 10.8. The van der Waals surface area contributed by atoms with Crippen molar-refractivity contribution in [3.8, 4) is 0 Å². The van der Waals surface area contributed by atoms with Crippen LogP contribution in [0.1, 0.15) is 47.9 Å². The summed E-state index contributed by atoms with van der Waals surface area (Å²) in [6, 6.07) is 2.49. The minimum absolute atomic E-state index is 0.0402. The summed E-state index contributed by atoms with van der Waals surface area (Å²) in [5.41, 5.74) is 3.46. The number of carbonyl (C=O) groups excluding carboxylic acids is 1. The van der Waals surface area contributed by atoms with Crippen molar-refractivity contribution in [2.24, 2.45) is 0 Å². The summed E-state index contributed by atoms with van der Waals surface area (Å²) in [6.45, 7) is 7.64. The summed E-state index contributed by atoms with van der Waals surface area (Å²) in [5.74, 6) is 0.0402. The van der Waals surface area contributed by atoms with E-state index in [2.05, 4.69) is 16.9 Å².